The number of alkyl halides is 3. The van der Waals surface area contributed by atoms with Crippen molar-refractivity contribution in [3.63, 3.8) is 0 Å². The number of hydrogen-bond acceptors (Lipinski definition) is 5. The summed E-state index contributed by atoms with van der Waals surface area (Å²) >= 11 is 0. The van der Waals surface area contributed by atoms with E-state index in [-0.39, 0.29) is 37.1 Å². The van der Waals surface area contributed by atoms with Crippen molar-refractivity contribution in [1.82, 2.24) is 14.9 Å². The van der Waals surface area contributed by atoms with Gasteiger partial charge in [0.15, 0.2) is 5.69 Å². The highest BCUT2D eigenvalue weighted by Gasteiger charge is 2.33. The second-order valence-corrected chi connectivity index (χ2v) is 5.65. The molecule has 0 N–H and O–H groups in total. The molecule has 1 aromatic rings. The molecule has 9 heteroatoms. The highest BCUT2D eigenvalue weighted by atomic mass is 19.4. The third-order valence-electron chi connectivity index (χ3n) is 3.62. The zero-order valence-electron chi connectivity index (χ0n) is 13.2. The van der Waals surface area contributed by atoms with E-state index in [0.29, 0.717) is 19.4 Å². The fraction of sp³-hybridized carbons (Fsp3) is 0.600. The Morgan fingerprint density at radius 2 is 2.12 bits per heavy atom. The normalized spacial score (nSPS) is 18.3. The number of rotatable bonds is 5. The number of carbonyl (C=O) groups is 2. The SMILES string of the molecule is CC(=O)CCC(=O)N1CCCC(Oc2nccc(C(F)(F)F)n2)C1. The lowest BCUT2D eigenvalue weighted by molar-refractivity contribution is -0.141. The number of aromatic nitrogens is 2. The van der Waals surface area contributed by atoms with Gasteiger partial charge in [0, 0.05) is 25.6 Å². The molecule has 132 valence electrons. The number of halogens is 3. The molecule has 24 heavy (non-hydrogen) atoms. The third-order valence-corrected chi connectivity index (χ3v) is 3.62. The van der Waals surface area contributed by atoms with Crippen LogP contribution >= 0.6 is 0 Å². The van der Waals surface area contributed by atoms with Crippen LogP contribution in [0.2, 0.25) is 0 Å². The number of ketones is 1. The molecule has 0 spiro atoms. The molecule has 0 saturated carbocycles. The van der Waals surface area contributed by atoms with Crippen LogP contribution in [0.15, 0.2) is 12.3 Å². The Morgan fingerprint density at radius 1 is 1.38 bits per heavy atom. The minimum absolute atomic E-state index is 0.0643. The molecule has 1 amide bonds. The van der Waals surface area contributed by atoms with E-state index in [0.717, 1.165) is 12.3 Å². The number of ether oxygens (including phenoxy) is 1. The molecule has 2 rings (SSSR count). The number of piperidine rings is 1. The van der Waals surface area contributed by atoms with Crippen molar-refractivity contribution in [3.05, 3.63) is 18.0 Å². The molecule has 1 saturated heterocycles. The summed E-state index contributed by atoms with van der Waals surface area (Å²) in [7, 11) is 0. The molecule has 1 fully saturated rings. The molecule has 6 nitrogen and oxygen atoms in total. The van der Waals surface area contributed by atoms with Crippen molar-refractivity contribution in [2.45, 2.75) is 44.9 Å². The molecule has 1 aliphatic rings. The summed E-state index contributed by atoms with van der Waals surface area (Å²) in [6.45, 7) is 2.21. The maximum absolute atomic E-state index is 12.6. The van der Waals surface area contributed by atoms with E-state index in [1.165, 1.54) is 6.92 Å². The molecule has 1 aromatic heterocycles. The van der Waals surface area contributed by atoms with Gasteiger partial charge in [0.25, 0.3) is 0 Å². The fourth-order valence-electron chi connectivity index (χ4n) is 2.41. The van der Waals surface area contributed by atoms with Crippen LogP contribution in [0.25, 0.3) is 0 Å². The summed E-state index contributed by atoms with van der Waals surface area (Å²) < 4.78 is 43.3. The second kappa shape index (κ2) is 7.59. The Kier molecular flexibility index (Phi) is 5.74. The van der Waals surface area contributed by atoms with E-state index >= 15 is 0 Å². The molecule has 0 radical (unpaired) electrons. The largest absolute Gasteiger partial charge is 0.458 e. The zero-order valence-corrected chi connectivity index (χ0v) is 13.2. The van der Waals surface area contributed by atoms with Crippen LogP contribution in [0.1, 0.15) is 38.3 Å². The average molecular weight is 345 g/mol. The summed E-state index contributed by atoms with van der Waals surface area (Å²) in [6, 6.07) is 0.415. The third kappa shape index (κ3) is 5.17. The number of carbonyl (C=O) groups excluding carboxylic acids is 2. The van der Waals surface area contributed by atoms with Crippen molar-refractivity contribution >= 4 is 11.7 Å². The number of hydrogen-bond donors (Lipinski definition) is 0. The number of amides is 1. The lowest BCUT2D eigenvalue weighted by atomic mass is 10.1. The summed E-state index contributed by atoms with van der Waals surface area (Å²) in [5.74, 6) is -0.228. The van der Waals surface area contributed by atoms with E-state index in [2.05, 4.69) is 9.97 Å². The summed E-state index contributed by atoms with van der Waals surface area (Å²) in [5.41, 5.74) is -1.07. The van der Waals surface area contributed by atoms with E-state index in [9.17, 15) is 22.8 Å². The van der Waals surface area contributed by atoms with Gasteiger partial charge in [-0.15, -0.1) is 0 Å². The number of Topliss-reactive ketones (excluding diaryl/α,β-unsaturated/α-hetero) is 1. The molecule has 1 aliphatic heterocycles. The first-order valence-electron chi connectivity index (χ1n) is 7.60. The Labute approximate surface area is 137 Å². The molecule has 0 aromatic carbocycles. The Morgan fingerprint density at radius 3 is 2.79 bits per heavy atom. The van der Waals surface area contributed by atoms with Crippen LogP contribution in [0.4, 0.5) is 13.2 Å². The van der Waals surface area contributed by atoms with Crippen molar-refractivity contribution in [2.24, 2.45) is 0 Å². The molecule has 1 unspecified atom stereocenters. The van der Waals surface area contributed by atoms with Gasteiger partial charge in [-0.05, 0) is 25.8 Å². The molecule has 0 bridgehead atoms. The zero-order chi connectivity index (χ0) is 17.7. The van der Waals surface area contributed by atoms with E-state index < -0.39 is 18.0 Å². The van der Waals surface area contributed by atoms with Gasteiger partial charge in [0.2, 0.25) is 5.91 Å². The van der Waals surface area contributed by atoms with Crippen LogP contribution < -0.4 is 4.74 Å². The van der Waals surface area contributed by atoms with Gasteiger partial charge < -0.3 is 14.4 Å². The molecule has 0 aliphatic carbocycles. The van der Waals surface area contributed by atoms with Crippen molar-refractivity contribution in [2.75, 3.05) is 13.1 Å². The molecule has 2 heterocycles. The van der Waals surface area contributed by atoms with Crippen LogP contribution in [0, 0.1) is 0 Å². The standard InChI is InChI=1S/C15H18F3N3O3/c1-10(22)4-5-13(23)21-8-2-3-11(9-21)24-14-19-7-6-12(20-14)15(16,17)18/h6-7,11H,2-5,8-9H2,1H3. The lowest BCUT2D eigenvalue weighted by Gasteiger charge is -2.32. The van der Waals surface area contributed by atoms with Gasteiger partial charge in [-0.25, -0.2) is 4.98 Å². The van der Waals surface area contributed by atoms with Gasteiger partial charge >= 0.3 is 12.2 Å². The predicted octanol–water partition coefficient (Wildman–Crippen LogP) is 2.23. The Balaban J connectivity index is 1.95. The molecule has 1 atom stereocenters. The Hall–Kier alpha value is -2.19. The lowest BCUT2D eigenvalue weighted by Crippen LogP contribution is -2.44. The van der Waals surface area contributed by atoms with Crippen LogP contribution in [0.5, 0.6) is 6.01 Å². The summed E-state index contributed by atoms with van der Waals surface area (Å²) in [5, 5.41) is 0. The maximum atomic E-state index is 12.6. The maximum Gasteiger partial charge on any atom is 0.433 e. The summed E-state index contributed by atoms with van der Waals surface area (Å²) in [4.78, 5) is 31.6. The monoisotopic (exact) mass is 345 g/mol. The quantitative estimate of drug-likeness (QED) is 0.818. The smallest absolute Gasteiger partial charge is 0.433 e. The van der Waals surface area contributed by atoms with E-state index in [4.69, 9.17) is 4.74 Å². The molecular formula is C15H18F3N3O3. The average Bonchev–Trinajstić information content (AvgIpc) is 2.52. The van der Waals surface area contributed by atoms with Gasteiger partial charge in [0.1, 0.15) is 11.9 Å². The van der Waals surface area contributed by atoms with Crippen LogP contribution in [0.3, 0.4) is 0 Å². The van der Waals surface area contributed by atoms with E-state index in [1.54, 1.807) is 4.90 Å². The minimum Gasteiger partial charge on any atom is -0.458 e. The second-order valence-electron chi connectivity index (χ2n) is 5.65. The number of likely N-dealkylation sites (tertiary alicyclic amines) is 1. The number of nitrogens with zero attached hydrogens (tertiary/aromatic N) is 3. The van der Waals surface area contributed by atoms with Gasteiger partial charge in [-0.2, -0.15) is 18.2 Å². The topological polar surface area (TPSA) is 72.4 Å². The first-order valence-corrected chi connectivity index (χ1v) is 7.60. The predicted molar refractivity (Wildman–Crippen MR) is 77.2 cm³/mol. The Bertz CT molecular complexity index is 607. The van der Waals surface area contributed by atoms with E-state index in [1.807, 2.05) is 0 Å². The van der Waals surface area contributed by atoms with Gasteiger partial charge in [-0.3, -0.25) is 4.79 Å². The van der Waals surface area contributed by atoms with Crippen molar-refractivity contribution in [3.8, 4) is 6.01 Å². The minimum atomic E-state index is -4.57. The van der Waals surface area contributed by atoms with Gasteiger partial charge in [0.05, 0.1) is 6.54 Å². The first-order chi connectivity index (χ1) is 11.3. The highest BCUT2D eigenvalue weighted by molar-refractivity contribution is 5.83. The van der Waals surface area contributed by atoms with Crippen molar-refractivity contribution in [1.29, 1.82) is 0 Å². The van der Waals surface area contributed by atoms with Gasteiger partial charge in [-0.1, -0.05) is 0 Å². The molecular weight excluding hydrogens is 327 g/mol. The van der Waals surface area contributed by atoms with Crippen LogP contribution in [-0.4, -0.2) is 45.8 Å². The first kappa shape index (κ1) is 18.2. The highest BCUT2D eigenvalue weighted by Crippen LogP contribution is 2.28. The fourth-order valence-corrected chi connectivity index (χ4v) is 2.41. The van der Waals surface area contributed by atoms with Crippen molar-refractivity contribution < 1.29 is 27.5 Å². The van der Waals surface area contributed by atoms with Crippen LogP contribution in [-0.2, 0) is 15.8 Å². The summed E-state index contributed by atoms with van der Waals surface area (Å²) in [6.07, 6.45) is -2.49.